The number of carbonyl (C=O) groups is 1. The molecule has 7 heteroatoms. The van der Waals surface area contributed by atoms with E-state index in [0.717, 1.165) is 22.2 Å². The van der Waals surface area contributed by atoms with E-state index in [1.165, 1.54) is 18.1 Å². The molecule has 28 heavy (non-hydrogen) atoms. The third-order valence-electron chi connectivity index (χ3n) is 4.50. The molecular formula is C21H23ClN4OS. The fourth-order valence-electron chi connectivity index (χ4n) is 2.99. The molecule has 3 aromatic rings. The van der Waals surface area contributed by atoms with Crippen LogP contribution in [0.3, 0.4) is 0 Å². The summed E-state index contributed by atoms with van der Waals surface area (Å²) in [6, 6.07) is 13.8. The van der Waals surface area contributed by atoms with Crippen molar-refractivity contribution in [1.29, 1.82) is 0 Å². The summed E-state index contributed by atoms with van der Waals surface area (Å²) in [7, 11) is 0. The van der Waals surface area contributed by atoms with Crippen LogP contribution < -0.4 is 5.32 Å². The van der Waals surface area contributed by atoms with E-state index in [1.807, 2.05) is 48.7 Å². The van der Waals surface area contributed by atoms with Gasteiger partial charge in [-0.25, -0.2) is 0 Å². The van der Waals surface area contributed by atoms with Crippen molar-refractivity contribution in [3.8, 4) is 5.69 Å². The van der Waals surface area contributed by atoms with E-state index in [0.29, 0.717) is 10.8 Å². The Labute approximate surface area is 174 Å². The molecule has 5 nitrogen and oxygen atoms in total. The molecule has 1 heterocycles. The highest BCUT2D eigenvalue weighted by molar-refractivity contribution is 7.98. The minimum absolute atomic E-state index is 0.112. The van der Waals surface area contributed by atoms with Crippen molar-refractivity contribution in [3.05, 3.63) is 70.0 Å². The number of rotatable bonds is 6. The van der Waals surface area contributed by atoms with Gasteiger partial charge in [-0.2, -0.15) is 0 Å². The second-order valence-corrected chi connectivity index (χ2v) is 8.12. The van der Waals surface area contributed by atoms with Gasteiger partial charge in [0.25, 0.3) is 0 Å². The van der Waals surface area contributed by atoms with Crippen molar-refractivity contribution < 1.29 is 4.79 Å². The average molecular weight is 415 g/mol. The van der Waals surface area contributed by atoms with Crippen molar-refractivity contribution >= 4 is 29.3 Å². The number of aryl methyl sites for hydroxylation is 2. The molecule has 0 aliphatic rings. The van der Waals surface area contributed by atoms with E-state index < -0.39 is 0 Å². The van der Waals surface area contributed by atoms with Gasteiger partial charge in [-0.1, -0.05) is 53.7 Å². The molecule has 0 aliphatic carbocycles. The van der Waals surface area contributed by atoms with E-state index in [9.17, 15) is 4.79 Å². The average Bonchev–Trinajstić information content (AvgIpc) is 3.06. The number of nitrogens with one attached hydrogen (secondary N) is 1. The van der Waals surface area contributed by atoms with Crippen molar-refractivity contribution in [2.24, 2.45) is 0 Å². The Morgan fingerprint density at radius 3 is 2.64 bits per heavy atom. The van der Waals surface area contributed by atoms with Crippen molar-refractivity contribution in [1.82, 2.24) is 20.1 Å². The Morgan fingerprint density at radius 2 is 1.93 bits per heavy atom. The number of aromatic nitrogens is 3. The molecule has 146 valence electrons. The maximum atomic E-state index is 11.6. The lowest BCUT2D eigenvalue weighted by Gasteiger charge is -2.17. The Balaban J connectivity index is 2.02. The van der Waals surface area contributed by atoms with Crippen LogP contribution in [0.1, 0.15) is 42.4 Å². The molecule has 1 amide bonds. The van der Waals surface area contributed by atoms with Crippen molar-refractivity contribution in [2.75, 3.05) is 0 Å². The topological polar surface area (TPSA) is 59.8 Å². The summed E-state index contributed by atoms with van der Waals surface area (Å²) in [4.78, 5) is 11.6. The van der Waals surface area contributed by atoms with Crippen LogP contribution in [-0.4, -0.2) is 20.7 Å². The molecule has 0 bridgehead atoms. The van der Waals surface area contributed by atoms with Crippen LogP contribution in [0, 0.1) is 13.8 Å². The van der Waals surface area contributed by atoms with Gasteiger partial charge < -0.3 is 5.32 Å². The molecule has 0 spiro atoms. The molecular weight excluding hydrogens is 392 g/mol. The lowest BCUT2D eigenvalue weighted by Crippen LogP contribution is -2.26. The van der Waals surface area contributed by atoms with Crippen LogP contribution in [0.5, 0.6) is 0 Å². The van der Waals surface area contributed by atoms with Gasteiger partial charge in [-0.05, 0) is 49.6 Å². The summed E-state index contributed by atoms with van der Waals surface area (Å²) in [6.07, 6.45) is 0. The monoisotopic (exact) mass is 414 g/mol. The molecule has 0 saturated heterocycles. The minimum atomic E-state index is -0.281. The molecule has 2 aromatic carbocycles. The molecule has 0 radical (unpaired) electrons. The first kappa shape index (κ1) is 20.4. The Bertz CT molecular complexity index is 1000. The van der Waals surface area contributed by atoms with Gasteiger partial charge in [0.2, 0.25) is 5.91 Å². The van der Waals surface area contributed by atoms with Crippen molar-refractivity contribution in [2.45, 2.75) is 44.6 Å². The van der Waals surface area contributed by atoms with Crippen LogP contribution >= 0.6 is 23.4 Å². The predicted octanol–water partition coefficient (Wildman–Crippen LogP) is 5.03. The number of nitrogens with zero attached hydrogens (tertiary/aromatic N) is 3. The number of halogens is 1. The maximum Gasteiger partial charge on any atom is 0.217 e. The molecule has 1 aromatic heterocycles. The predicted molar refractivity (Wildman–Crippen MR) is 114 cm³/mol. The molecule has 0 fully saturated rings. The largest absolute Gasteiger partial charge is 0.347 e. The summed E-state index contributed by atoms with van der Waals surface area (Å²) < 4.78 is 1.99. The molecule has 3 rings (SSSR count). The van der Waals surface area contributed by atoms with Gasteiger partial charge in [0.1, 0.15) is 0 Å². The van der Waals surface area contributed by atoms with Crippen LogP contribution in [0.15, 0.2) is 47.6 Å². The second-order valence-electron chi connectivity index (χ2n) is 6.74. The van der Waals surface area contributed by atoms with E-state index in [4.69, 9.17) is 11.6 Å². The number of amides is 1. The third kappa shape index (κ3) is 4.56. The Hall–Kier alpha value is -2.31. The first-order valence-electron chi connectivity index (χ1n) is 9.03. The van der Waals surface area contributed by atoms with E-state index in [-0.39, 0.29) is 11.9 Å². The highest BCUT2D eigenvalue weighted by Crippen LogP contribution is 2.30. The summed E-state index contributed by atoms with van der Waals surface area (Å²) in [5, 5.41) is 13.1. The summed E-state index contributed by atoms with van der Waals surface area (Å²) in [6.45, 7) is 7.52. The van der Waals surface area contributed by atoms with Gasteiger partial charge in [-0.15, -0.1) is 10.2 Å². The molecule has 0 aliphatic heterocycles. The standard InChI is InChI=1S/C21H23ClN4OS/c1-13-7-5-6-8-17(13)12-28-21-25-24-20(15(3)23-16(4)27)26(21)19-11-18(22)10-9-14(19)2/h5-11,15H,12H2,1-4H3,(H,23,27)/t15-/m1/s1. The number of hydrogen-bond donors (Lipinski definition) is 1. The third-order valence-corrected chi connectivity index (χ3v) is 5.71. The SMILES string of the molecule is CC(=O)N[C@H](C)c1nnc(SCc2ccccc2C)n1-c1cc(Cl)ccc1C. The highest BCUT2D eigenvalue weighted by atomic mass is 35.5. The Morgan fingerprint density at radius 1 is 1.18 bits per heavy atom. The van der Waals surface area contributed by atoms with Crippen LogP contribution in [0.25, 0.3) is 5.69 Å². The zero-order valence-electron chi connectivity index (χ0n) is 16.4. The zero-order valence-corrected chi connectivity index (χ0v) is 17.9. The van der Waals surface area contributed by atoms with E-state index >= 15 is 0 Å². The van der Waals surface area contributed by atoms with Crippen LogP contribution in [-0.2, 0) is 10.5 Å². The van der Waals surface area contributed by atoms with Crippen LogP contribution in [0.2, 0.25) is 5.02 Å². The number of carbonyl (C=O) groups excluding carboxylic acids is 1. The van der Waals surface area contributed by atoms with E-state index in [2.05, 4.69) is 34.6 Å². The van der Waals surface area contributed by atoms with Gasteiger partial charge in [0.05, 0.1) is 11.7 Å². The molecule has 0 unspecified atom stereocenters. The number of benzene rings is 2. The lowest BCUT2D eigenvalue weighted by molar-refractivity contribution is -0.119. The highest BCUT2D eigenvalue weighted by Gasteiger charge is 2.21. The van der Waals surface area contributed by atoms with Crippen molar-refractivity contribution in [3.63, 3.8) is 0 Å². The van der Waals surface area contributed by atoms with E-state index in [1.54, 1.807) is 11.8 Å². The smallest absolute Gasteiger partial charge is 0.217 e. The first-order chi connectivity index (χ1) is 13.4. The zero-order chi connectivity index (χ0) is 20.3. The molecule has 0 saturated carbocycles. The molecule has 1 atom stereocenters. The summed E-state index contributed by atoms with van der Waals surface area (Å²) in [5.74, 6) is 1.34. The van der Waals surface area contributed by atoms with Gasteiger partial charge in [0, 0.05) is 17.7 Å². The second kappa shape index (κ2) is 8.80. The quantitative estimate of drug-likeness (QED) is 0.575. The maximum absolute atomic E-state index is 11.6. The lowest BCUT2D eigenvalue weighted by atomic mass is 10.1. The fraction of sp³-hybridized carbons (Fsp3) is 0.286. The fourth-order valence-corrected chi connectivity index (χ4v) is 4.18. The minimum Gasteiger partial charge on any atom is -0.347 e. The van der Waals surface area contributed by atoms with Gasteiger partial charge >= 0.3 is 0 Å². The summed E-state index contributed by atoms with van der Waals surface area (Å²) >= 11 is 7.88. The van der Waals surface area contributed by atoms with Gasteiger partial charge in [-0.3, -0.25) is 9.36 Å². The van der Waals surface area contributed by atoms with Crippen LogP contribution in [0.4, 0.5) is 0 Å². The first-order valence-corrected chi connectivity index (χ1v) is 10.4. The molecule has 1 N–H and O–H groups in total. The normalized spacial score (nSPS) is 12.0. The van der Waals surface area contributed by atoms with Gasteiger partial charge in [0.15, 0.2) is 11.0 Å². The number of hydrogen-bond acceptors (Lipinski definition) is 4. The summed E-state index contributed by atoms with van der Waals surface area (Å²) in [5.41, 5.74) is 4.46. The Kier molecular flexibility index (Phi) is 6.42. The number of thioether (sulfide) groups is 1.